The van der Waals surface area contributed by atoms with Crippen molar-refractivity contribution in [1.82, 2.24) is 4.90 Å². The van der Waals surface area contributed by atoms with Crippen LogP contribution in [0.2, 0.25) is 0 Å². The first-order valence-electron chi connectivity index (χ1n) is 8.96. The predicted octanol–water partition coefficient (Wildman–Crippen LogP) is 4.16. The Morgan fingerprint density at radius 2 is 1.54 bits per heavy atom. The maximum absolute atomic E-state index is 6.26. The average Bonchev–Trinajstić information content (AvgIpc) is 2.65. The Balaban J connectivity index is 1.79. The monoisotopic (exact) mass is 340 g/mol. The van der Waals surface area contributed by atoms with Crippen molar-refractivity contribution in [2.24, 2.45) is 11.7 Å². The second-order valence-electron chi connectivity index (χ2n) is 6.66. The Labute approximate surface area is 150 Å². The zero-order valence-electron chi connectivity index (χ0n) is 14.3. The fourth-order valence-electron chi connectivity index (χ4n) is 3.64. The smallest absolute Gasteiger partial charge is 0.0261 e. The fourth-order valence-corrected chi connectivity index (χ4v) is 4.86. The van der Waals surface area contributed by atoms with Gasteiger partial charge in [0.2, 0.25) is 0 Å². The molecule has 0 radical (unpaired) electrons. The molecule has 0 aromatic heterocycles. The molecule has 1 aliphatic heterocycles. The van der Waals surface area contributed by atoms with E-state index in [1.165, 1.54) is 35.5 Å². The number of hydrogen-bond donors (Lipinski definition) is 1. The lowest BCUT2D eigenvalue weighted by Gasteiger charge is -2.38. The van der Waals surface area contributed by atoms with Crippen LogP contribution in [0.5, 0.6) is 0 Å². The molecule has 2 aromatic rings. The lowest BCUT2D eigenvalue weighted by atomic mass is 9.94. The molecule has 0 amide bonds. The Kier molecular flexibility index (Phi) is 6.76. The summed E-state index contributed by atoms with van der Waals surface area (Å²) in [5.41, 5.74) is 9.00. The first-order valence-corrected chi connectivity index (χ1v) is 10.1. The molecule has 128 valence electrons. The van der Waals surface area contributed by atoms with Crippen molar-refractivity contribution in [2.75, 3.05) is 18.1 Å². The van der Waals surface area contributed by atoms with Gasteiger partial charge >= 0.3 is 0 Å². The van der Waals surface area contributed by atoms with Crippen LogP contribution in [-0.2, 0) is 13.1 Å². The van der Waals surface area contributed by atoms with Gasteiger partial charge in [-0.3, -0.25) is 4.90 Å². The van der Waals surface area contributed by atoms with Crippen molar-refractivity contribution >= 4 is 11.8 Å². The first kappa shape index (κ1) is 17.5. The maximum atomic E-state index is 6.26. The molecular formula is C21H28N2S. The van der Waals surface area contributed by atoms with Crippen LogP contribution in [0.3, 0.4) is 0 Å². The minimum atomic E-state index is 0.457. The van der Waals surface area contributed by atoms with Gasteiger partial charge in [0.1, 0.15) is 0 Å². The summed E-state index contributed by atoms with van der Waals surface area (Å²) in [6, 6.07) is 22.0. The van der Waals surface area contributed by atoms with E-state index in [9.17, 15) is 0 Å². The summed E-state index contributed by atoms with van der Waals surface area (Å²) in [5, 5.41) is 0. The minimum Gasteiger partial charge on any atom is -0.329 e. The summed E-state index contributed by atoms with van der Waals surface area (Å²) in [7, 11) is 0. The summed E-state index contributed by atoms with van der Waals surface area (Å²) in [5.74, 6) is 3.27. The molecule has 2 nitrogen and oxygen atoms in total. The highest BCUT2D eigenvalue weighted by Crippen LogP contribution is 2.29. The van der Waals surface area contributed by atoms with Crippen LogP contribution >= 0.6 is 11.8 Å². The molecule has 1 fully saturated rings. The van der Waals surface area contributed by atoms with Gasteiger partial charge in [0.05, 0.1) is 0 Å². The van der Waals surface area contributed by atoms with Gasteiger partial charge in [-0.1, -0.05) is 60.7 Å². The third-order valence-electron chi connectivity index (χ3n) is 4.91. The van der Waals surface area contributed by atoms with Crippen LogP contribution in [0, 0.1) is 5.92 Å². The summed E-state index contributed by atoms with van der Waals surface area (Å²) in [4.78, 5) is 2.60. The molecule has 3 heteroatoms. The van der Waals surface area contributed by atoms with Crippen molar-refractivity contribution in [1.29, 1.82) is 0 Å². The standard InChI is InChI=1S/C21H28N2S/c22-14-21(20-12-7-13-24-17-20)23(15-18-8-3-1-4-9-18)16-19-10-5-2-6-11-19/h1-6,8-11,20-21H,7,12-17,22H2. The molecule has 0 bridgehead atoms. The van der Waals surface area contributed by atoms with E-state index >= 15 is 0 Å². The molecule has 24 heavy (non-hydrogen) atoms. The third-order valence-corrected chi connectivity index (χ3v) is 6.15. The highest BCUT2D eigenvalue weighted by atomic mass is 32.2. The van der Waals surface area contributed by atoms with Crippen LogP contribution < -0.4 is 5.73 Å². The Hall–Kier alpha value is -1.29. The molecule has 1 saturated heterocycles. The first-order chi connectivity index (χ1) is 11.9. The molecule has 3 rings (SSSR count). The highest BCUT2D eigenvalue weighted by Gasteiger charge is 2.28. The summed E-state index contributed by atoms with van der Waals surface area (Å²) in [6.07, 6.45) is 2.64. The molecule has 2 atom stereocenters. The minimum absolute atomic E-state index is 0.457. The summed E-state index contributed by atoms with van der Waals surface area (Å²) in [6.45, 7) is 2.68. The van der Waals surface area contributed by atoms with Crippen molar-refractivity contribution in [3.8, 4) is 0 Å². The van der Waals surface area contributed by atoms with Gasteiger partial charge in [0.15, 0.2) is 0 Å². The van der Waals surface area contributed by atoms with Crippen LogP contribution in [0.1, 0.15) is 24.0 Å². The molecule has 2 unspecified atom stereocenters. The zero-order valence-corrected chi connectivity index (χ0v) is 15.1. The predicted molar refractivity (Wildman–Crippen MR) is 105 cm³/mol. The van der Waals surface area contributed by atoms with Gasteiger partial charge in [-0.25, -0.2) is 0 Å². The van der Waals surface area contributed by atoms with Crippen molar-refractivity contribution in [3.05, 3.63) is 71.8 Å². The van der Waals surface area contributed by atoms with Gasteiger partial charge < -0.3 is 5.73 Å². The zero-order chi connectivity index (χ0) is 16.6. The van der Waals surface area contributed by atoms with E-state index in [0.717, 1.165) is 19.6 Å². The number of nitrogens with two attached hydrogens (primary N) is 1. The maximum Gasteiger partial charge on any atom is 0.0261 e. The van der Waals surface area contributed by atoms with Gasteiger partial charge in [-0.05, 0) is 41.4 Å². The van der Waals surface area contributed by atoms with E-state index in [-0.39, 0.29) is 0 Å². The molecule has 0 spiro atoms. The number of rotatable bonds is 7. The topological polar surface area (TPSA) is 29.3 Å². The van der Waals surface area contributed by atoms with E-state index in [1.807, 2.05) is 0 Å². The van der Waals surface area contributed by atoms with Crippen molar-refractivity contribution in [3.63, 3.8) is 0 Å². The number of nitrogens with zero attached hydrogens (tertiary/aromatic N) is 1. The molecule has 1 heterocycles. The second kappa shape index (κ2) is 9.26. The Morgan fingerprint density at radius 1 is 0.958 bits per heavy atom. The van der Waals surface area contributed by atoms with Gasteiger partial charge in [-0.15, -0.1) is 0 Å². The Bertz CT molecular complexity index is 540. The number of benzene rings is 2. The van der Waals surface area contributed by atoms with Crippen LogP contribution in [0.25, 0.3) is 0 Å². The van der Waals surface area contributed by atoms with Crippen LogP contribution in [0.15, 0.2) is 60.7 Å². The largest absolute Gasteiger partial charge is 0.329 e. The van der Waals surface area contributed by atoms with E-state index in [2.05, 4.69) is 77.3 Å². The molecule has 1 aliphatic rings. The fraction of sp³-hybridized carbons (Fsp3) is 0.429. The third kappa shape index (κ3) is 4.85. The second-order valence-corrected chi connectivity index (χ2v) is 7.81. The van der Waals surface area contributed by atoms with Crippen molar-refractivity contribution in [2.45, 2.75) is 32.0 Å². The van der Waals surface area contributed by atoms with Crippen LogP contribution in [0.4, 0.5) is 0 Å². The van der Waals surface area contributed by atoms with Gasteiger partial charge in [0.25, 0.3) is 0 Å². The normalized spacial score (nSPS) is 19.3. The van der Waals surface area contributed by atoms with Crippen molar-refractivity contribution < 1.29 is 0 Å². The lowest BCUT2D eigenvalue weighted by Crippen LogP contribution is -2.46. The molecular weight excluding hydrogens is 312 g/mol. The lowest BCUT2D eigenvalue weighted by molar-refractivity contribution is 0.132. The highest BCUT2D eigenvalue weighted by molar-refractivity contribution is 7.99. The summed E-state index contributed by atoms with van der Waals surface area (Å²) >= 11 is 2.09. The molecule has 0 aliphatic carbocycles. The molecule has 2 aromatic carbocycles. The van der Waals surface area contributed by atoms with E-state index < -0.39 is 0 Å². The van der Waals surface area contributed by atoms with Gasteiger partial charge in [0, 0.05) is 25.7 Å². The van der Waals surface area contributed by atoms with Gasteiger partial charge in [-0.2, -0.15) is 11.8 Å². The van der Waals surface area contributed by atoms with E-state index in [1.54, 1.807) is 0 Å². The SMILES string of the molecule is NCC(C1CCCSC1)N(Cc1ccccc1)Cc1ccccc1. The number of hydrogen-bond acceptors (Lipinski definition) is 3. The average molecular weight is 341 g/mol. The van der Waals surface area contributed by atoms with E-state index in [4.69, 9.17) is 5.73 Å². The van der Waals surface area contributed by atoms with E-state index in [0.29, 0.717) is 12.0 Å². The quantitative estimate of drug-likeness (QED) is 0.820. The van der Waals surface area contributed by atoms with Crippen LogP contribution in [-0.4, -0.2) is 29.0 Å². The summed E-state index contributed by atoms with van der Waals surface area (Å²) < 4.78 is 0. The number of thioether (sulfide) groups is 1. The Morgan fingerprint density at radius 3 is 2.00 bits per heavy atom. The molecule has 0 saturated carbocycles. The molecule has 2 N–H and O–H groups in total.